The number of aromatic nitrogens is 1. The largest absolute Gasteiger partial charge is 0.423 e. The highest BCUT2D eigenvalue weighted by molar-refractivity contribution is 6.31. The van der Waals surface area contributed by atoms with Crippen LogP contribution in [0.15, 0.2) is 12.1 Å². The summed E-state index contributed by atoms with van der Waals surface area (Å²) in [6.45, 7) is 2.61. The Balaban J connectivity index is 2.77. The standard InChI is InChI=1S/C11H15ClN2O3/c1-8(15)17-9-4-5-10(13-11(9)12)14(2)6-7-16-3/h4-5H,6-7H2,1-3H3. The monoisotopic (exact) mass is 258 g/mol. The number of anilines is 1. The van der Waals surface area contributed by atoms with Gasteiger partial charge in [-0.15, -0.1) is 0 Å². The predicted octanol–water partition coefficient (Wildman–Crippen LogP) is 1.74. The second-order valence-electron chi connectivity index (χ2n) is 3.47. The zero-order chi connectivity index (χ0) is 12.8. The number of rotatable bonds is 5. The minimum Gasteiger partial charge on any atom is -0.423 e. The summed E-state index contributed by atoms with van der Waals surface area (Å²) in [6, 6.07) is 3.36. The summed E-state index contributed by atoms with van der Waals surface area (Å²) in [6.07, 6.45) is 0. The number of halogens is 1. The molecule has 0 aliphatic rings. The maximum Gasteiger partial charge on any atom is 0.308 e. The third kappa shape index (κ3) is 4.20. The molecule has 1 heterocycles. The van der Waals surface area contributed by atoms with E-state index in [-0.39, 0.29) is 10.9 Å². The Labute approximate surface area is 105 Å². The number of esters is 1. The van der Waals surface area contributed by atoms with Crippen molar-refractivity contribution in [2.45, 2.75) is 6.92 Å². The van der Waals surface area contributed by atoms with Crippen molar-refractivity contribution < 1.29 is 14.3 Å². The van der Waals surface area contributed by atoms with E-state index in [1.54, 1.807) is 19.2 Å². The van der Waals surface area contributed by atoms with E-state index in [0.717, 1.165) is 0 Å². The van der Waals surface area contributed by atoms with Crippen LogP contribution < -0.4 is 9.64 Å². The van der Waals surface area contributed by atoms with Gasteiger partial charge in [0.15, 0.2) is 10.9 Å². The van der Waals surface area contributed by atoms with E-state index < -0.39 is 5.97 Å². The number of hydrogen-bond acceptors (Lipinski definition) is 5. The first-order valence-corrected chi connectivity index (χ1v) is 5.47. The van der Waals surface area contributed by atoms with Crippen LogP contribution in [0.5, 0.6) is 5.75 Å². The van der Waals surface area contributed by atoms with Crippen LogP contribution in [-0.2, 0) is 9.53 Å². The fraction of sp³-hybridized carbons (Fsp3) is 0.455. The van der Waals surface area contributed by atoms with Crippen molar-refractivity contribution in [1.82, 2.24) is 4.98 Å². The van der Waals surface area contributed by atoms with Crippen molar-refractivity contribution in [3.8, 4) is 5.75 Å². The Morgan fingerprint density at radius 1 is 1.53 bits per heavy atom. The fourth-order valence-electron chi connectivity index (χ4n) is 1.20. The minimum atomic E-state index is -0.422. The van der Waals surface area contributed by atoms with E-state index in [0.29, 0.717) is 19.0 Å². The van der Waals surface area contributed by atoms with E-state index in [9.17, 15) is 4.79 Å². The van der Waals surface area contributed by atoms with Gasteiger partial charge in [-0.25, -0.2) is 4.98 Å². The molecular weight excluding hydrogens is 244 g/mol. The third-order valence-corrected chi connectivity index (χ3v) is 2.35. The molecule has 94 valence electrons. The van der Waals surface area contributed by atoms with Crippen LogP contribution in [-0.4, -0.2) is 38.3 Å². The van der Waals surface area contributed by atoms with Gasteiger partial charge in [0.1, 0.15) is 5.82 Å². The number of methoxy groups -OCH3 is 1. The molecule has 0 spiro atoms. The summed E-state index contributed by atoms with van der Waals surface area (Å²) in [4.78, 5) is 16.8. The number of ether oxygens (including phenoxy) is 2. The zero-order valence-corrected chi connectivity index (χ0v) is 10.8. The Morgan fingerprint density at radius 2 is 2.24 bits per heavy atom. The van der Waals surface area contributed by atoms with Crippen molar-refractivity contribution in [2.75, 3.05) is 32.2 Å². The maximum absolute atomic E-state index is 10.8. The molecule has 0 bridgehead atoms. The molecule has 0 radical (unpaired) electrons. The molecule has 1 rings (SSSR count). The number of hydrogen-bond donors (Lipinski definition) is 0. The highest BCUT2D eigenvalue weighted by Crippen LogP contribution is 2.25. The van der Waals surface area contributed by atoms with Crippen molar-refractivity contribution >= 4 is 23.4 Å². The van der Waals surface area contributed by atoms with Crippen LogP contribution in [0.1, 0.15) is 6.92 Å². The van der Waals surface area contributed by atoms with Gasteiger partial charge >= 0.3 is 5.97 Å². The summed E-state index contributed by atoms with van der Waals surface area (Å²) >= 11 is 5.91. The van der Waals surface area contributed by atoms with Gasteiger partial charge < -0.3 is 14.4 Å². The average Bonchev–Trinajstić information content (AvgIpc) is 2.28. The van der Waals surface area contributed by atoms with Crippen molar-refractivity contribution in [3.63, 3.8) is 0 Å². The molecule has 0 aliphatic carbocycles. The van der Waals surface area contributed by atoms with Crippen LogP contribution in [0.2, 0.25) is 5.15 Å². The van der Waals surface area contributed by atoms with Crippen LogP contribution in [0.25, 0.3) is 0 Å². The number of likely N-dealkylation sites (N-methyl/N-ethyl adjacent to an activating group) is 1. The van der Waals surface area contributed by atoms with Crippen molar-refractivity contribution in [1.29, 1.82) is 0 Å². The number of nitrogens with zero attached hydrogens (tertiary/aromatic N) is 2. The summed E-state index contributed by atoms with van der Waals surface area (Å²) < 4.78 is 9.85. The molecule has 5 nitrogen and oxygen atoms in total. The summed E-state index contributed by atoms with van der Waals surface area (Å²) in [7, 11) is 3.52. The van der Waals surface area contributed by atoms with Gasteiger partial charge in [0.25, 0.3) is 0 Å². The Bertz CT molecular complexity index is 398. The van der Waals surface area contributed by atoms with Crippen LogP contribution in [0.3, 0.4) is 0 Å². The van der Waals surface area contributed by atoms with Gasteiger partial charge in [-0.05, 0) is 12.1 Å². The van der Waals surface area contributed by atoms with Gasteiger partial charge in [0.2, 0.25) is 0 Å². The molecule has 1 aromatic rings. The number of carbonyl (C=O) groups excluding carboxylic acids is 1. The van der Waals surface area contributed by atoms with Gasteiger partial charge in [-0.3, -0.25) is 4.79 Å². The Kier molecular flexibility index (Phi) is 5.18. The highest BCUT2D eigenvalue weighted by Gasteiger charge is 2.09. The summed E-state index contributed by atoms with van der Waals surface area (Å²) in [5.41, 5.74) is 0. The quantitative estimate of drug-likeness (QED) is 0.595. The van der Waals surface area contributed by atoms with Crippen molar-refractivity contribution in [3.05, 3.63) is 17.3 Å². The molecule has 0 N–H and O–H groups in total. The summed E-state index contributed by atoms with van der Waals surface area (Å²) in [5.74, 6) is 0.542. The maximum atomic E-state index is 10.8. The molecular formula is C11H15ClN2O3. The average molecular weight is 259 g/mol. The van der Waals surface area contributed by atoms with E-state index in [4.69, 9.17) is 21.1 Å². The molecule has 0 unspecified atom stereocenters. The lowest BCUT2D eigenvalue weighted by molar-refractivity contribution is -0.131. The van der Waals surface area contributed by atoms with Gasteiger partial charge in [-0.2, -0.15) is 0 Å². The normalized spacial score (nSPS) is 10.1. The first kappa shape index (κ1) is 13.7. The Morgan fingerprint density at radius 3 is 2.76 bits per heavy atom. The first-order valence-electron chi connectivity index (χ1n) is 5.09. The fourth-order valence-corrected chi connectivity index (χ4v) is 1.39. The zero-order valence-electron chi connectivity index (χ0n) is 10.1. The SMILES string of the molecule is COCCN(C)c1ccc(OC(C)=O)c(Cl)n1. The molecule has 1 aromatic heterocycles. The van der Waals surface area contributed by atoms with Crippen LogP contribution >= 0.6 is 11.6 Å². The predicted molar refractivity (Wildman–Crippen MR) is 65.7 cm³/mol. The van der Waals surface area contributed by atoms with Gasteiger partial charge in [0.05, 0.1) is 6.61 Å². The van der Waals surface area contributed by atoms with Crippen molar-refractivity contribution in [2.24, 2.45) is 0 Å². The molecule has 0 saturated carbocycles. The molecule has 0 aromatic carbocycles. The molecule has 6 heteroatoms. The van der Waals surface area contributed by atoms with E-state index >= 15 is 0 Å². The summed E-state index contributed by atoms with van der Waals surface area (Å²) in [5, 5.41) is 0.168. The Hall–Kier alpha value is -1.33. The topological polar surface area (TPSA) is 51.7 Å². The second-order valence-corrected chi connectivity index (χ2v) is 3.82. The number of pyridine rings is 1. The molecule has 0 amide bonds. The lowest BCUT2D eigenvalue weighted by Crippen LogP contribution is -2.23. The van der Waals surface area contributed by atoms with E-state index in [1.807, 2.05) is 11.9 Å². The van der Waals surface area contributed by atoms with E-state index in [2.05, 4.69) is 4.98 Å². The second kappa shape index (κ2) is 6.42. The van der Waals surface area contributed by atoms with Gasteiger partial charge in [-0.1, -0.05) is 11.6 Å². The lowest BCUT2D eigenvalue weighted by atomic mass is 10.4. The van der Waals surface area contributed by atoms with E-state index in [1.165, 1.54) is 6.92 Å². The lowest BCUT2D eigenvalue weighted by Gasteiger charge is -2.18. The van der Waals surface area contributed by atoms with Crippen LogP contribution in [0.4, 0.5) is 5.82 Å². The minimum absolute atomic E-state index is 0.168. The molecule has 0 aliphatic heterocycles. The van der Waals surface area contributed by atoms with Gasteiger partial charge in [0, 0.05) is 27.6 Å². The highest BCUT2D eigenvalue weighted by atomic mass is 35.5. The molecule has 0 saturated heterocycles. The molecule has 0 atom stereocenters. The number of carbonyl (C=O) groups is 1. The third-order valence-electron chi connectivity index (χ3n) is 2.08. The smallest absolute Gasteiger partial charge is 0.308 e. The van der Waals surface area contributed by atoms with Crippen LogP contribution in [0, 0.1) is 0 Å². The molecule has 17 heavy (non-hydrogen) atoms. The first-order chi connectivity index (χ1) is 8.04. The molecule has 0 fully saturated rings.